The molecule has 0 aliphatic rings. The first-order valence-electron chi connectivity index (χ1n) is 12.0. The standard InChI is InChI=1S/C23H46N2O7/c1-4-6-7-8-11-32-20-22(26)24-9-12-28-14-16-30-18-19-31-17-15-29-13-10-25-23(27)21(3)5-2/h21H,4-20H2,1-3H3,(H,24,26)(H,25,27). The minimum atomic E-state index is -0.114. The maximum absolute atomic E-state index is 11.6. The molecule has 0 aromatic rings. The first kappa shape index (κ1) is 30.7. The van der Waals surface area contributed by atoms with Gasteiger partial charge in [0.2, 0.25) is 11.8 Å². The molecule has 1 unspecified atom stereocenters. The molecule has 0 aromatic heterocycles. The van der Waals surface area contributed by atoms with Gasteiger partial charge < -0.3 is 34.3 Å². The number of rotatable bonds is 24. The van der Waals surface area contributed by atoms with Gasteiger partial charge >= 0.3 is 0 Å². The molecule has 2 N–H and O–H groups in total. The second kappa shape index (κ2) is 24.4. The highest BCUT2D eigenvalue weighted by Gasteiger charge is 2.08. The number of unbranched alkanes of at least 4 members (excludes halogenated alkanes) is 3. The smallest absolute Gasteiger partial charge is 0.246 e. The lowest BCUT2D eigenvalue weighted by Gasteiger charge is -2.10. The molecule has 0 heterocycles. The van der Waals surface area contributed by atoms with Crippen molar-refractivity contribution < 1.29 is 33.3 Å². The summed E-state index contributed by atoms with van der Waals surface area (Å²) in [6, 6.07) is 0. The van der Waals surface area contributed by atoms with E-state index in [9.17, 15) is 9.59 Å². The van der Waals surface area contributed by atoms with E-state index in [0.29, 0.717) is 72.6 Å². The van der Waals surface area contributed by atoms with Crippen LogP contribution >= 0.6 is 0 Å². The highest BCUT2D eigenvalue weighted by molar-refractivity contribution is 5.78. The second-order valence-corrected chi connectivity index (χ2v) is 7.51. The first-order valence-corrected chi connectivity index (χ1v) is 12.0. The predicted octanol–water partition coefficient (Wildman–Crippen LogP) is 1.93. The molecule has 32 heavy (non-hydrogen) atoms. The summed E-state index contributed by atoms with van der Waals surface area (Å²) in [6.07, 6.45) is 5.39. The largest absolute Gasteiger partial charge is 0.377 e. The molecule has 9 nitrogen and oxygen atoms in total. The van der Waals surface area contributed by atoms with Crippen molar-refractivity contribution in [1.82, 2.24) is 10.6 Å². The van der Waals surface area contributed by atoms with Gasteiger partial charge in [0, 0.05) is 25.6 Å². The summed E-state index contributed by atoms with van der Waals surface area (Å²) in [4.78, 5) is 23.1. The molecule has 2 amide bonds. The zero-order chi connectivity index (χ0) is 23.7. The van der Waals surface area contributed by atoms with E-state index in [1.165, 1.54) is 12.8 Å². The molecule has 0 saturated carbocycles. The molecule has 0 aromatic carbocycles. The fourth-order valence-electron chi connectivity index (χ4n) is 2.48. The third-order valence-corrected chi connectivity index (χ3v) is 4.67. The Morgan fingerprint density at radius 3 is 1.72 bits per heavy atom. The van der Waals surface area contributed by atoms with E-state index in [0.717, 1.165) is 19.3 Å². The number of ether oxygens (including phenoxy) is 5. The van der Waals surface area contributed by atoms with Gasteiger partial charge in [-0.2, -0.15) is 0 Å². The van der Waals surface area contributed by atoms with E-state index in [-0.39, 0.29) is 24.3 Å². The van der Waals surface area contributed by atoms with Crippen LogP contribution in [0.4, 0.5) is 0 Å². The van der Waals surface area contributed by atoms with E-state index in [2.05, 4.69) is 17.6 Å². The van der Waals surface area contributed by atoms with Crippen LogP contribution in [0.15, 0.2) is 0 Å². The van der Waals surface area contributed by atoms with Crippen molar-refractivity contribution in [1.29, 1.82) is 0 Å². The quantitative estimate of drug-likeness (QED) is 0.211. The molecule has 9 heteroatoms. The Morgan fingerprint density at radius 2 is 1.19 bits per heavy atom. The normalized spacial score (nSPS) is 12.0. The Bertz CT molecular complexity index is 439. The lowest BCUT2D eigenvalue weighted by molar-refractivity contribution is -0.126. The highest BCUT2D eigenvalue weighted by Crippen LogP contribution is 1.99. The fraction of sp³-hybridized carbons (Fsp3) is 0.913. The summed E-state index contributed by atoms with van der Waals surface area (Å²) in [5.74, 6) is -0.00643. The number of hydrogen-bond donors (Lipinski definition) is 2. The van der Waals surface area contributed by atoms with E-state index in [1.807, 2.05) is 13.8 Å². The summed E-state index contributed by atoms with van der Waals surface area (Å²) in [6.45, 7) is 11.6. The lowest BCUT2D eigenvalue weighted by Crippen LogP contribution is -2.31. The van der Waals surface area contributed by atoms with Crippen molar-refractivity contribution in [2.75, 3.05) is 79.2 Å². The van der Waals surface area contributed by atoms with E-state index in [4.69, 9.17) is 23.7 Å². The van der Waals surface area contributed by atoms with Crippen molar-refractivity contribution in [2.45, 2.75) is 52.9 Å². The Hall–Kier alpha value is -1.26. The van der Waals surface area contributed by atoms with E-state index >= 15 is 0 Å². The van der Waals surface area contributed by atoms with Crippen LogP contribution in [-0.2, 0) is 33.3 Å². The summed E-state index contributed by atoms with van der Waals surface area (Å²) in [7, 11) is 0. The zero-order valence-corrected chi connectivity index (χ0v) is 20.5. The minimum Gasteiger partial charge on any atom is -0.377 e. The van der Waals surface area contributed by atoms with Gasteiger partial charge in [-0.3, -0.25) is 9.59 Å². The molecule has 190 valence electrons. The molecule has 1 atom stereocenters. The number of hydrogen-bond acceptors (Lipinski definition) is 7. The van der Waals surface area contributed by atoms with Crippen LogP contribution in [0.25, 0.3) is 0 Å². The monoisotopic (exact) mass is 462 g/mol. The van der Waals surface area contributed by atoms with Gasteiger partial charge in [-0.25, -0.2) is 0 Å². The maximum Gasteiger partial charge on any atom is 0.246 e. The SMILES string of the molecule is CCCCCCOCC(=O)NCCOCCOCCOCCOCCNC(=O)C(C)CC. The second-order valence-electron chi connectivity index (χ2n) is 7.51. The first-order chi connectivity index (χ1) is 15.6. The average molecular weight is 463 g/mol. The Balaban J connectivity index is 3.19. The number of nitrogens with one attached hydrogen (secondary N) is 2. The van der Waals surface area contributed by atoms with Crippen LogP contribution in [0, 0.1) is 5.92 Å². The van der Waals surface area contributed by atoms with Crippen LogP contribution in [0.2, 0.25) is 0 Å². The van der Waals surface area contributed by atoms with Crippen LogP contribution in [0.5, 0.6) is 0 Å². The lowest BCUT2D eigenvalue weighted by atomic mass is 10.1. The van der Waals surface area contributed by atoms with Crippen molar-refractivity contribution in [3.05, 3.63) is 0 Å². The van der Waals surface area contributed by atoms with Crippen LogP contribution in [0.1, 0.15) is 52.9 Å². The Labute approximate surface area is 194 Å². The summed E-state index contributed by atoms with van der Waals surface area (Å²) in [5.41, 5.74) is 0. The molecule has 0 saturated heterocycles. The molecule has 0 rings (SSSR count). The Kier molecular flexibility index (Phi) is 23.4. The van der Waals surface area contributed by atoms with Crippen LogP contribution < -0.4 is 10.6 Å². The van der Waals surface area contributed by atoms with Gasteiger partial charge in [-0.1, -0.05) is 40.0 Å². The topological polar surface area (TPSA) is 104 Å². The highest BCUT2D eigenvalue weighted by atomic mass is 16.6. The van der Waals surface area contributed by atoms with Gasteiger partial charge in [0.25, 0.3) is 0 Å². The summed E-state index contributed by atoms with van der Waals surface area (Å²) >= 11 is 0. The van der Waals surface area contributed by atoms with Gasteiger partial charge in [0.15, 0.2) is 0 Å². The average Bonchev–Trinajstić information content (AvgIpc) is 2.80. The van der Waals surface area contributed by atoms with Crippen LogP contribution in [-0.4, -0.2) is 91.0 Å². The van der Waals surface area contributed by atoms with E-state index in [1.54, 1.807) is 0 Å². The van der Waals surface area contributed by atoms with Gasteiger partial charge in [-0.05, 0) is 12.8 Å². The van der Waals surface area contributed by atoms with Crippen molar-refractivity contribution >= 4 is 11.8 Å². The molecular weight excluding hydrogens is 416 g/mol. The molecule has 0 spiro atoms. The van der Waals surface area contributed by atoms with Crippen molar-refractivity contribution in [3.63, 3.8) is 0 Å². The zero-order valence-electron chi connectivity index (χ0n) is 20.5. The molecule has 0 bridgehead atoms. The Morgan fingerprint density at radius 1 is 0.656 bits per heavy atom. The van der Waals surface area contributed by atoms with Crippen molar-refractivity contribution in [2.24, 2.45) is 5.92 Å². The van der Waals surface area contributed by atoms with Gasteiger partial charge in [0.1, 0.15) is 6.61 Å². The van der Waals surface area contributed by atoms with Gasteiger partial charge in [0.05, 0.1) is 52.9 Å². The molecule has 0 fully saturated rings. The molecular formula is C23H46N2O7. The third kappa shape index (κ3) is 22.0. The van der Waals surface area contributed by atoms with Crippen LogP contribution in [0.3, 0.4) is 0 Å². The molecule has 0 aliphatic heterocycles. The summed E-state index contributed by atoms with van der Waals surface area (Å²) in [5, 5.41) is 5.59. The molecule has 0 radical (unpaired) electrons. The number of carbonyl (C=O) groups is 2. The summed E-state index contributed by atoms with van der Waals surface area (Å²) < 4.78 is 27.0. The molecule has 0 aliphatic carbocycles. The fourth-order valence-corrected chi connectivity index (χ4v) is 2.48. The third-order valence-electron chi connectivity index (χ3n) is 4.67. The minimum absolute atomic E-state index is 0.0411. The van der Waals surface area contributed by atoms with Crippen molar-refractivity contribution in [3.8, 4) is 0 Å². The van der Waals surface area contributed by atoms with Gasteiger partial charge in [-0.15, -0.1) is 0 Å². The number of amides is 2. The van der Waals surface area contributed by atoms with E-state index < -0.39 is 0 Å². The number of carbonyl (C=O) groups excluding carboxylic acids is 2. The predicted molar refractivity (Wildman–Crippen MR) is 124 cm³/mol. The maximum atomic E-state index is 11.6.